The van der Waals surface area contributed by atoms with Crippen LogP contribution in [0, 0.1) is 11.8 Å². The van der Waals surface area contributed by atoms with Crippen LogP contribution >= 0.6 is 0 Å². The summed E-state index contributed by atoms with van der Waals surface area (Å²) in [4.78, 5) is 26.2. The Hall–Kier alpha value is -1.10. The SMILES string of the molecule is CCNC(=O)C1CCN(C(=O)C2CC(C)CCN2)CC1. The van der Waals surface area contributed by atoms with Crippen LogP contribution in [0.3, 0.4) is 0 Å². The molecule has 114 valence electrons. The van der Waals surface area contributed by atoms with Gasteiger partial charge in [-0.2, -0.15) is 0 Å². The molecule has 2 heterocycles. The number of carbonyl (C=O) groups is 2. The quantitative estimate of drug-likeness (QED) is 0.802. The molecule has 2 rings (SSSR count). The lowest BCUT2D eigenvalue weighted by molar-refractivity contribution is -0.138. The van der Waals surface area contributed by atoms with Crippen LogP contribution in [0.25, 0.3) is 0 Å². The molecule has 0 aromatic heterocycles. The lowest BCUT2D eigenvalue weighted by Gasteiger charge is -2.36. The molecule has 0 aliphatic carbocycles. The van der Waals surface area contributed by atoms with Crippen molar-refractivity contribution >= 4 is 11.8 Å². The summed E-state index contributed by atoms with van der Waals surface area (Å²) in [5.41, 5.74) is 0. The first-order chi connectivity index (χ1) is 9.61. The van der Waals surface area contributed by atoms with Gasteiger partial charge in [0, 0.05) is 25.6 Å². The van der Waals surface area contributed by atoms with E-state index >= 15 is 0 Å². The molecule has 2 aliphatic heterocycles. The number of amides is 2. The van der Waals surface area contributed by atoms with Crippen LogP contribution in [-0.2, 0) is 9.59 Å². The summed E-state index contributed by atoms with van der Waals surface area (Å²) in [5, 5.41) is 6.20. The van der Waals surface area contributed by atoms with E-state index in [0.29, 0.717) is 25.6 Å². The molecule has 0 bridgehead atoms. The molecule has 2 atom stereocenters. The predicted octanol–water partition coefficient (Wildman–Crippen LogP) is 0.749. The van der Waals surface area contributed by atoms with E-state index in [1.165, 1.54) is 0 Å². The first-order valence-electron chi connectivity index (χ1n) is 7.91. The van der Waals surface area contributed by atoms with Gasteiger partial charge in [-0.3, -0.25) is 9.59 Å². The van der Waals surface area contributed by atoms with Crippen molar-refractivity contribution in [3.05, 3.63) is 0 Å². The number of likely N-dealkylation sites (tertiary alicyclic amines) is 1. The number of hydrogen-bond donors (Lipinski definition) is 2. The summed E-state index contributed by atoms with van der Waals surface area (Å²) in [6.07, 6.45) is 3.68. The Morgan fingerprint density at radius 3 is 2.55 bits per heavy atom. The van der Waals surface area contributed by atoms with Crippen LogP contribution in [0.5, 0.6) is 0 Å². The summed E-state index contributed by atoms with van der Waals surface area (Å²) >= 11 is 0. The van der Waals surface area contributed by atoms with Crippen LogP contribution in [0.4, 0.5) is 0 Å². The molecule has 5 nitrogen and oxygen atoms in total. The third-order valence-corrected chi connectivity index (χ3v) is 4.49. The molecule has 5 heteroatoms. The average Bonchev–Trinajstić information content (AvgIpc) is 2.47. The normalized spacial score (nSPS) is 28.2. The van der Waals surface area contributed by atoms with Gasteiger partial charge < -0.3 is 15.5 Å². The Morgan fingerprint density at radius 2 is 1.95 bits per heavy atom. The van der Waals surface area contributed by atoms with Gasteiger partial charge in [0.1, 0.15) is 0 Å². The molecular formula is C15H27N3O2. The third-order valence-electron chi connectivity index (χ3n) is 4.49. The molecule has 2 unspecified atom stereocenters. The van der Waals surface area contributed by atoms with Gasteiger partial charge in [-0.25, -0.2) is 0 Å². The van der Waals surface area contributed by atoms with Gasteiger partial charge >= 0.3 is 0 Å². The van der Waals surface area contributed by atoms with Crippen molar-refractivity contribution in [3.8, 4) is 0 Å². The van der Waals surface area contributed by atoms with E-state index in [4.69, 9.17) is 0 Å². The zero-order chi connectivity index (χ0) is 14.5. The largest absolute Gasteiger partial charge is 0.356 e. The van der Waals surface area contributed by atoms with Gasteiger partial charge in [0.15, 0.2) is 0 Å². The van der Waals surface area contributed by atoms with Crippen molar-refractivity contribution in [2.45, 2.75) is 45.6 Å². The third kappa shape index (κ3) is 3.72. The smallest absolute Gasteiger partial charge is 0.239 e. The van der Waals surface area contributed by atoms with E-state index in [1.807, 2.05) is 11.8 Å². The van der Waals surface area contributed by atoms with Crippen LogP contribution in [0.15, 0.2) is 0 Å². The molecule has 0 spiro atoms. The van der Waals surface area contributed by atoms with Gasteiger partial charge in [0.05, 0.1) is 6.04 Å². The van der Waals surface area contributed by atoms with E-state index in [1.54, 1.807) is 0 Å². The van der Waals surface area contributed by atoms with Crippen molar-refractivity contribution in [3.63, 3.8) is 0 Å². The number of nitrogens with zero attached hydrogens (tertiary/aromatic N) is 1. The molecule has 2 saturated heterocycles. The molecule has 20 heavy (non-hydrogen) atoms. The van der Waals surface area contributed by atoms with Gasteiger partial charge in [0.25, 0.3) is 0 Å². The highest BCUT2D eigenvalue weighted by atomic mass is 16.2. The number of piperidine rings is 2. The zero-order valence-corrected chi connectivity index (χ0v) is 12.7. The summed E-state index contributed by atoms with van der Waals surface area (Å²) in [6.45, 7) is 7.20. The maximum absolute atomic E-state index is 12.5. The number of hydrogen-bond acceptors (Lipinski definition) is 3. The fourth-order valence-electron chi connectivity index (χ4n) is 3.20. The highest BCUT2D eigenvalue weighted by molar-refractivity contribution is 5.83. The van der Waals surface area contributed by atoms with Crippen molar-refractivity contribution < 1.29 is 9.59 Å². The summed E-state index contributed by atoms with van der Waals surface area (Å²) in [7, 11) is 0. The summed E-state index contributed by atoms with van der Waals surface area (Å²) in [6, 6.07) is -0.0141. The molecule has 0 aromatic rings. The molecular weight excluding hydrogens is 254 g/mol. The van der Waals surface area contributed by atoms with Gasteiger partial charge in [-0.05, 0) is 45.1 Å². The number of nitrogens with one attached hydrogen (secondary N) is 2. The molecule has 2 amide bonds. The molecule has 2 aliphatic rings. The maximum Gasteiger partial charge on any atom is 0.239 e. The Labute approximate surface area is 121 Å². The Kier molecular flexibility index (Phi) is 5.40. The Bertz CT molecular complexity index is 351. The second-order valence-corrected chi connectivity index (χ2v) is 6.13. The molecule has 0 aromatic carbocycles. The van der Waals surface area contributed by atoms with Crippen LogP contribution < -0.4 is 10.6 Å². The summed E-state index contributed by atoms with van der Waals surface area (Å²) < 4.78 is 0. The van der Waals surface area contributed by atoms with Gasteiger partial charge in [-0.15, -0.1) is 0 Å². The molecule has 2 N–H and O–H groups in total. The minimum absolute atomic E-state index is 0.0141. The second-order valence-electron chi connectivity index (χ2n) is 6.13. The van der Waals surface area contributed by atoms with Crippen LogP contribution in [-0.4, -0.2) is 48.9 Å². The lowest BCUT2D eigenvalue weighted by atomic mass is 9.91. The fraction of sp³-hybridized carbons (Fsp3) is 0.867. The van der Waals surface area contributed by atoms with E-state index in [-0.39, 0.29) is 23.8 Å². The first-order valence-corrected chi connectivity index (χ1v) is 7.91. The van der Waals surface area contributed by atoms with E-state index in [0.717, 1.165) is 32.2 Å². The van der Waals surface area contributed by atoms with Crippen molar-refractivity contribution in [2.24, 2.45) is 11.8 Å². The minimum Gasteiger partial charge on any atom is -0.356 e. The number of carbonyl (C=O) groups excluding carboxylic acids is 2. The van der Waals surface area contributed by atoms with Gasteiger partial charge in [-0.1, -0.05) is 6.92 Å². The Balaban J connectivity index is 1.81. The minimum atomic E-state index is -0.0141. The van der Waals surface area contributed by atoms with Crippen LogP contribution in [0.1, 0.15) is 39.5 Å². The van der Waals surface area contributed by atoms with Gasteiger partial charge in [0.2, 0.25) is 11.8 Å². The van der Waals surface area contributed by atoms with E-state index in [9.17, 15) is 9.59 Å². The van der Waals surface area contributed by atoms with Crippen molar-refractivity contribution in [2.75, 3.05) is 26.2 Å². The van der Waals surface area contributed by atoms with Crippen molar-refractivity contribution in [1.82, 2.24) is 15.5 Å². The molecule has 2 fully saturated rings. The Morgan fingerprint density at radius 1 is 1.25 bits per heavy atom. The number of rotatable bonds is 3. The van der Waals surface area contributed by atoms with E-state index < -0.39 is 0 Å². The maximum atomic E-state index is 12.5. The molecule has 0 saturated carbocycles. The predicted molar refractivity (Wildman–Crippen MR) is 78.2 cm³/mol. The topological polar surface area (TPSA) is 61.4 Å². The van der Waals surface area contributed by atoms with E-state index in [2.05, 4.69) is 17.6 Å². The summed E-state index contributed by atoms with van der Waals surface area (Å²) in [5.74, 6) is 1.07. The lowest BCUT2D eigenvalue weighted by Crippen LogP contribution is -2.52. The monoisotopic (exact) mass is 281 g/mol. The van der Waals surface area contributed by atoms with Crippen LogP contribution in [0.2, 0.25) is 0 Å². The second kappa shape index (κ2) is 7.07. The first kappa shape index (κ1) is 15.3. The molecule has 0 radical (unpaired) electrons. The highest BCUT2D eigenvalue weighted by Crippen LogP contribution is 2.21. The van der Waals surface area contributed by atoms with Crippen molar-refractivity contribution in [1.29, 1.82) is 0 Å². The average molecular weight is 281 g/mol. The highest BCUT2D eigenvalue weighted by Gasteiger charge is 2.32. The zero-order valence-electron chi connectivity index (χ0n) is 12.7. The standard InChI is InChI=1S/C15H27N3O2/c1-3-16-14(19)12-5-8-18(9-6-12)15(20)13-10-11(2)4-7-17-13/h11-13,17H,3-10H2,1-2H3,(H,16,19). The fourth-order valence-corrected chi connectivity index (χ4v) is 3.20.